The molecule has 1 aliphatic rings. The summed E-state index contributed by atoms with van der Waals surface area (Å²) >= 11 is 12.5. The standard InChI is InChI=1S/C21H17ClN2O3S2/c1-2-10-24-20(26)18(29-21(24)28)12-14-6-5-7-15(11-14)27-13-19(25)23-17-9-4-3-8-16(17)22/h2-9,11-12H,1,10,13H2,(H,23,25)/b18-12-. The summed E-state index contributed by atoms with van der Waals surface area (Å²) in [6.45, 7) is 3.85. The fraction of sp³-hybridized carbons (Fsp3) is 0.0952. The van der Waals surface area contributed by atoms with Gasteiger partial charge in [0.25, 0.3) is 11.8 Å². The van der Waals surface area contributed by atoms with Crippen LogP contribution in [0.4, 0.5) is 5.69 Å². The van der Waals surface area contributed by atoms with Crippen molar-refractivity contribution in [3.05, 3.63) is 76.7 Å². The van der Waals surface area contributed by atoms with Crippen molar-refractivity contribution < 1.29 is 14.3 Å². The summed E-state index contributed by atoms with van der Waals surface area (Å²) in [6, 6.07) is 14.1. The minimum Gasteiger partial charge on any atom is -0.484 e. The second kappa shape index (κ2) is 9.73. The Morgan fingerprint density at radius 2 is 2.07 bits per heavy atom. The van der Waals surface area contributed by atoms with Crippen LogP contribution in [0.15, 0.2) is 66.1 Å². The molecule has 1 saturated heterocycles. The molecular weight excluding hydrogens is 428 g/mol. The van der Waals surface area contributed by atoms with Crippen molar-refractivity contribution in [1.29, 1.82) is 0 Å². The van der Waals surface area contributed by atoms with Crippen LogP contribution < -0.4 is 10.1 Å². The number of nitrogens with one attached hydrogen (secondary N) is 1. The van der Waals surface area contributed by atoms with E-state index in [1.165, 1.54) is 16.7 Å². The summed E-state index contributed by atoms with van der Waals surface area (Å²) in [6.07, 6.45) is 3.38. The molecule has 1 fully saturated rings. The zero-order valence-electron chi connectivity index (χ0n) is 15.3. The lowest BCUT2D eigenvalue weighted by Gasteiger charge is -2.10. The molecule has 2 aromatic carbocycles. The van der Waals surface area contributed by atoms with Crippen molar-refractivity contribution >= 4 is 63.5 Å². The molecule has 0 aliphatic carbocycles. The van der Waals surface area contributed by atoms with E-state index in [-0.39, 0.29) is 18.4 Å². The lowest BCUT2D eigenvalue weighted by molar-refractivity contribution is -0.121. The Kier molecular flexibility index (Phi) is 7.09. The van der Waals surface area contributed by atoms with E-state index in [0.717, 1.165) is 5.56 Å². The first-order valence-corrected chi connectivity index (χ1v) is 10.2. The Hall–Kier alpha value is -2.61. The van der Waals surface area contributed by atoms with Gasteiger partial charge in [0, 0.05) is 6.54 Å². The Morgan fingerprint density at radius 3 is 2.83 bits per heavy atom. The number of thiocarbonyl (C=S) groups is 1. The molecule has 3 rings (SSSR count). The van der Waals surface area contributed by atoms with Crippen molar-refractivity contribution in [3.8, 4) is 5.75 Å². The normalized spacial score (nSPS) is 14.9. The van der Waals surface area contributed by atoms with E-state index in [1.807, 2.05) is 6.07 Å². The van der Waals surface area contributed by atoms with Crippen LogP contribution in [0.25, 0.3) is 6.08 Å². The summed E-state index contributed by atoms with van der Waals surface area (Å²) in [7, 11) is 0. The largest absolute Gasteiger partial charge is 0.484 e. The Labute approximate surface area is 183 Å². The van der Waals surface area contributed by atoms with Crippen molar-refractivity contribution in [2.75, 3.05) is 18.5 Å². The topological polar surface area (TPSA) is 58.6 Å². The molecule has 0 radical (unpaired) electrons. The number of benzene rings is 2. The SMILES string of the molecule is C=CCN1C(=O)/C(=C/c2cccc(OCC(=O)Nc3ccccc3Cl)c2)SC1=S. The predicted octanol–water partition coefficient (Wildman–Crippen LogP) is 4.74. The number of hydrogen-bond acceptors (Lipinski definition) is 5. The third-order valence-corrected chi connectivity index (χ3v) is 5.57. The van der Waals surface area contributed by atoms with Crippen LogP contribution in [0.5, 0.6) is 5.75 Å². The summed E-state index contributed by atoms with van der Waals surface area (Å²) < 4.78 is 6.07. The number of ether oxygens (including phenoxy) is 1. The molecule has 0 spiro atoms. The molecule has 0 aromatic heterocycles. The van der Waals surface area contributed by atoms with Gasteiger partial charge in [-0.3, -0.25) is 14.5 Å². The van der Waals surface area contributed by atoms with Crippen molar-refractivity contribution in [3.63, 3.8) is 0 Å². The van der Waals surface area contributed by atoms with E-state index >= 15 is 0 Å². The quantitative estimate of drug-likeness (QED) is 0.379. The molecule has 0 unspecified atom stereocenters. The molecule has 0 atom stereocenters. The number of carbonyl (C=O) groups is 2. The molecule has 0 saturated carbocycles. The Morgan fingerprint density at radius 1 is 1.28 bits per heavy atom. The van der Waals surface area contributed by atoms with Gasteiger partial charge in [-0.15, -0.1) is 6.58 Å². The average Bonchev–Trinajstić information content (AvgIpc) is 2.96. The van der Waals surface area contributed by atoms with Gasteiger partial charge in [0.05, 0.1) is 15.6 Å². The van der Waals surface area contributed by atoms with Gasteiger partial charge in [-0.25, -0.2) is 0 Å². The highest BCUT2D eigenvalue weighted by atomic mass is 35.5. The molecule has 1 heterocycles. The third kappa shape index (κ3) is 5.47. The molecule has 148 valence electrons. The zero-order chi connectivity index (χ0) is 20.8. The molecule has 1 aliphatic heterocycles. The van der Waals surface area contributed by atoms with E-state index in [4.69, 9.17) is 28.6 Å². The van der Waals surface area contributed by atoms with Gasteiger partial charge in [0.1, 0.15) is 10.1 Å². The Balaban J connectivity index is 1.63. The number of anilines is 1. The molecule has 5 nitrogen and oxygen atoms in total. The number of hydrogen-bond donors (Lipinski definition) is 1. The highest BCUT2D eigenvalue weighted by molar-refractivity contribution is 8.26. The summed E-state index contributed by atoms with van der Waals surface area (Å²) in [5.74, 6) is 0.0359. The van der Waals surface area contributed by atoms with Crippen LogP contribution in [0.2, 0.25) is 5.02 Å². The summed E-state index contributed by atoms with van der Waals surface area (Å²) in [4.78, 5) is 26.5. The first-order valence-electron chi connectivity index (χ1n) is 8.61. The van der Waals surface area contributed by atoms with Crippen LogP contribution in [0.3, 0.4) is 0 Å². The van der Waals surface area contributed by atoms with Gasteiger partial charge >= 0.3 is 0 Å². The lowest BCUT2D eigenvalue weighted by Crippen LogP contribution is -2.27. The predicted molar refractivity (Wildman–Crippen MR) is 122 cm³/mol. The first kappa shape index (κ1) is 21.1. The minimum atomic E-state index is -0.325. The van der Waals surface area contributed by atoms with Gasteiger partial charge in [-0.05, 0) is 35.9 Å². The molecule has 29 heavy (non-hydrogen) atoms. The summed E-state index contributed by atoms with van der Waals surface area (Å²) in [5.41, 5.74) is 1.30. The molecule has 2 amide bonds. The van der Waals surface area contributed by atoms with Crippen LogP contribution in [0, 0.1) is 0 Å². The average molecular weight is 445 g/mol. The molecule has 0 bridgehead atoms. The van der Waals surface area contributed by atoms with E-state index in [0.29, 0.717) is 32.2 Å². The number of halogens is 1. The van der Waals surface area contributed by atoms with Crippen LogP contribution in [0.1, 0.15) is 5.56 Å². The maximum absolute atomic E-state index is 12.4. The molecule has 8 heteroatoms. The summed E-state index contributed by atoms with van der Waals surface area (Å²) in [5, 5.41) is 3.15. The smallest absolute Gasteiger partial charge is 0.266 e. The Bertz CT molecular complexity index is 1010. The second-order valence-corrected chi connectivity index (χ2v) is 8.05. The zero-order valence-corrected chi connectivity index (χ0v) is 17.7. The number of amides is 2. The monoisotopic (exact) mass is 444 g/mol. The highest BCUT2D eigenvalue weighted by Crippen LogP contribution is 2.32. The number of rotatable bonds is 7. The van der Waals surface area contributed by atoms with Crippen LogP contribution >= 0.6 is 35.6 Å². The molecular formula is C21H17ClN2O3S2. The molecule has 2 aromatic rings. The fourth-order valence-electron chi connectivity index (χ4n) is 2.53. The van der Waals surface area contributed by atoms with Gasteiger partial charge in [0.2, 0.25) is 0 Å². The van der Waals surface area contributed by atoms with Gasteiger partial charge in [-0.1, -0.05) is 65.9 Å². The van der Waals surface area contributed by atoms with Gasteiger partial charge < -0.3 is 10.1 Å². The van der Waals surface area contributed by atoms with Crippen LogP contribution in [-0.2, 0) is 9.59 Å². The number of nitrogens with zero attached hydrogens (tertiary/aromatic N) is 1. The van der Waals surface area contributed by atoms with Crippen LogP contribution in [-0.4, -0.2) is 34.2 Å². The van der Waals surface area contributed by atoms with E-state index in [1.54, 1.807) is 54.6 Å². The first-order chi connectivity index (χ1) is 14.0. The third-order valence-electron chi connectivity index (χ3n) is 3.86. The van der Waals surface area contributed by atoms with E-state index in [2.05, 4.69) is 11.9 Å². The van der Waals surface area contributed by atoms with E-state index < -0.39 is 0 Å². The maximum atomic E-state index is 12.4. The minimum absolute atomic E-state index is 0.148. The lowest BCUT2D eigenvalue weighted by atomic mass is 10.2. The van der Waals surface area contributed by atoms with Crippen molar-refractivity contribution in [2.24, 2.45) is 0 Å². The van der Waals surface area contributed by atoms with Crippen molar-refractivity contribution in [1.82, 2.24) is 4.90 Å². The number of carbonyl (C=O) groups excluding carboxylic acids is 2. The fourth-order valence-corrected chi connectivity index (χ4v) is 3.99. The number of para-hydroxylation sites is 1. The second-order valence-electron chi connectivity index (χ2n) is 5.97. The highest BCUT2D eigenvalue weighted by Gasteiger charge is 2.30. The van der Waals surface area contributed by atoms with Gasteiger partial charge in [0.15, 0.2) is 6.61 Å². The molecule has 1 N–H and O–H groups in total. The van der Waals surface area contributed by atoms with Crippen molar-refractivity contribution in [2.45, 2.75) is 0 Å². The maximum Gasteiger partial charge on any atom is 0.266 e. The number of thioether (sulfide) groups is 1. The van der Waals surface area contributed by atoms with Gasteiger partial charge in [-0.2, -0.15) is 0 Å². The van der Waals surface area contributed by atoms with E-state index in [9.17, 15) is 9.59 Å².